The molecule has 0 bridgehead atoms. The van der Waals surface area contributed by atoms with E-state index < -0.39 is 0 Å². The number of carbonyl (C=O) groups is 1. The Hall–Kier alpha value is -1.69. The van der Waals surface area contributed by atoms with Gasteiger partial charge < -0.3 is 16.0 Å². The zero-order chi connectivity index (χ0) is 12.7. The van der Waals surface area contributed by atoms with Gasteiger partial charge in [-0.2, -0.15) is 0 Å². The molecule has 0 aliphatic carbocycles. The van der Waals surface area contributed by atoms with Gasteiger partial charge in [0, 0.05) is 13.1 Å². The standard InChI is InChI=1S/C11H19N5O/c1-3-16(4-2)8-7-13-11(17)9-5-6-10(12)15-14-9/h5-6H,3-4,7-8H2,1-2H3,(H2,12,15)(H,13,17). The van der Waals surface area contributed by atoms with E-state index in [-0.39, 0.29) is 5.91 Å². The molecular formula is C11H19N5O. The van der Waals surface area contributed by atoms with Crippen molar-refractivity contribution in [3.8, 4) is 0 Å². The minimum atomic E-state index is -0.218. The van der Waals surface area contributed by atoms with Gasteiger partial charge in [-0.3, -0.25) is 4.79 Å². The average Bonchev–Trinajstić information content (AvgIpc) is 2.35. The maximum absolute atomic E-state index is 11.6. The van der Waals surface area contributed by atoms with Gasteiger partial charge in [0.1, 0.15) is 5.82 Å². The molecule has 0 fully saturated rings. The van der Waals surface area contributed by atoms with Gasteiger partial charge in [-0.1, -0.05) is 13.8 Å². The molecule has 0 saturated heterocycles. The van der Waals surface area contributed by atoms with E-state index in [4.69, 9.17) is 5.73 Å². The fraction of sp³-hybridized carbons (Fsp3) is 0.545. The molecule has 0 atom stereocenters. The van der Waals surface area contributed by atoms with Crippen LogP contribution in [0.4, 0.5) is 5.82 Å². The summed E-state index contributed by atoms with van der Waals surface area (Å²) in [6, 6.07) is 3.13. The SMILES string of the molecule is CCN(CC)CCNC(=O)c1ccc(N)nn1. The fourth-order valence-electron chi connectivity index (χ4n) is 1.42. The van der Waals surface area contributed by atoms with Crippen molar-refractivity contribution in [3.63, 3.8) is 0 Å². The van der Waals surface area contributed by atoms with E-state index in [0.717, 1.165) is 19.6 Å². The molecule has 1 rings (SSSR count). The van der Waals surface area contributed by atoms with Crippen molar-refractivity contribution in [1.82, 2.24) is 20.4 Å². The second kappa shape index (κ2) is 6.80. The summed E-state index contributed by atoms with van der Waals surface area (Å²) in [6.45, 7) is 7.59. The predicted octanol–water partition coefficient (Wildman–Crippen LogP) is 0.130. The van der Waals surface area contributed by atoms with E-state index in [0.29, 0.717) is 18.1 Å². The lowest BCUT2D eigenvalue weighted by Gasteiger charge is -2.17. The van der Waals surface area contributed by atoms with Crippen LogP contribution in [0.5, 0.6) is 0 Å². The van der Waals surface area contributed by atoms with Crippen LogP contribution < -0.4 is 11.1 Å². The smallest absolute Gasteiger partial charge is 0.271 e. The van der Waals surface area contributed by atoms with Crippen LogP contribution in [-0.2, 0) is 0 Å². The van der Waals surface area contributed by atoms with Gasteiger partial charge >= 0.3 is 0 Å². The summed E-state index contributed by atoms with van der Waals surface area (Å²) in [4.78, 5) is 13.9. The molecule has 6 nitrogen and oxygen atoms in total. The molecule has 3 N–H and O–H groups in total. The molecule has 0 aliphatic heterocycles. The first-order valence-electron chi connectivity index (χ1n) is 5.77. The van der Waals surface area contributed by atoms with E-state index in [2.05, 4.69) is 34.3 Å². The molecule has 1 aromatic rings. The Morgan fingerprint density at radius 1 is 1.35 bits per heavy atom. The lowest BCUT2D eigenvalue weighted by Crippen LogP contribution is -2.35. The predicted molar refractivity (Wildman–Crippen MR) is 66.6 cm³/mol. The lowest BCUT2D eigenvalue weighted by molar-refractivity contribution is 0.0943. The highest BCUT2D eigenvalue weighted by Crippen LogP contribution is 1.96. The van der Waals surface area contributed by atoms with Crippen molar-refractivity contribution in [2.75, 3.05) is 31.9 Å². The Bertz CT molecular complexity index is 347. The van der Waals surface area contributed by atoms with Gasteiger partial charge in [0.25, 0.3) is 5.91 Å². The van der Waals surface area contributed by atoms with Crippen LogP contribution in [0.15, 0.2) is 12.1 Å². The van der Waals surface area contributed by atoms with Gasteiger partial charge in [-0.05, 0) is 25.2 Å². The second-order valence-corrected chi connectivity index (χ2v) is 3.63. The highest BCUT2D eigenvalue weighted by Gasteiger charge is 2.07. The zero-order valence-corrected chi connectivity index (χ0v) is 10.3. The van der Waals surface area contributed by atoms with Crippen LogP contribution in [0, 0.1) is 0 Å². The molecule has 0 aliphatic rings. The van der Waals surface area contributed by atoms with Gasteiger partial charge in [-0.15, -0.1) is 10.2 Å². The second-order valence-electron chi connectivity index (χ2n) is 3.63. The van der Waals surface area contributed by atoms with Gasteiger partial charge in [0.05, 0.1) is 0 Å². The number of nitrogens with two attached hydrogens (primary N) is 1. The van der Waals surface area contributed by atoms with Crippen LogP contribution in [0.3, 0.4) is 0 Å². The fourth-order valence-corrected chi connectivity index (χ4v) is 1.42. The Morgan fingerprint density at radius 2 is 2.06 bits per heavy atom. The van der Waals surface area contributed by atoms with Gasteiger partial charge in [0.2, 0.25) is 0 Å². The first kappa shape index (κ1) is 13.4. The molecule has 0 aromatic carbocycles. The monoisotopic (exact) mass is 237 g/mol. The van der Waals surface area contributed by atoms with Crippen LogP contribution in [-0.4, -0.2) is 47.2 Å². The Kier molecular flexibility index (Phi) is 5.35. The van der Waals surface area contributed by atoms with E-state index >= 15 is 0 Å². The molecule has 6 heteroatoms. The maximum Gasteiger partial charge on any atom is 0.271 e. The zero-order valence-electron chi connectivity index (χ0n) is 10.3. The van der Waals surface area contributed by atoms with E-state index in [1.807, 2.05) is 0 Å². The average molecular weight is 237 g/mol. The van der Waals surface area contributed by atoms with Crippen molar-refractivity contribution >= 4 is 11.7 Å². The van der Waals surface area contributed by atoms with E-state index in [1.54, 1.807) is 12.1 Å². The normalized spacial score (nSPS) is 10.5. The van der Waals surface area contributed by atoms with Crippen molar-refractivity contribution < 1.29 is 4.79 Å². The van der Waals surface area contributed by atoms with Crippen LogP contribution in [0.2, 0.25) is 0 Å². The van der Waals surface area contributed by atoms with E-state index in [9.17, 15) is 4.79 Å². The largest absolute Gasteiger partial charge is 0.382 e. The molecule has 1 aromatic heterocycles. The lowest BCUT2D eigenvalue weighted by atomic mass is 10.3. The summed E-state index contributed by atoms with van der Waals surface area (Å²) in [5.41, 5.74) is 5.68. The number of rotatable bonds is 6. The minimum Gasteiger partial charge on any atom is -0.382 e. The summed E-state index contributed by atoms with van der Waals surface area (Å²) in [5.74, 6) is 0.0920. The molecular weight excluding hydrogens is 218 g/mol. The molecule has 1 amide bonds. The Labute approximate surface area is 101 Å². The highest BCUT2D eigenvalue weighted by molar-refractivity contribution is 5.92. The summed E-state index contributed by atoms with van der Waals surface area (Å²) < 4.78 is 0. The van der Waals surface area contributed by atoms with Gasteiger partial charge in [-0.25, -0.2) is 0 Å². The maximum atomic E-state index is 11.6. The summed E-state index contributed by atoms with van der Waals surface area (Å²) in [6.07, 6.45) is 0. The molecule has 0 spiro atoms. The van der Waals surface area contributed by atoms with Crippen LogP contribution >= 0.6 is 0 Å². The molecule has 94 valence electrons. The molecule has 0 radical (unpaired) electrons. The topological polar surface area (TPSA) is 84.1 Å². The molecule has 0 unspecified atom stereocenters. The third-order valence-corrected chi connectivity index (χ3v) is 2.53. The van der Waals surface area contributed by atoms with Crippen molar-refractivity contribution in [2.45, 2.75) is 13.8 Å². The molecule has 0 saturated carbocycles. The number of hydrogen-bond acceptors (Lipinski definition) is 5. The van der Waals surface area contributed by atoms with Crippen LogP contribution in [0.25, 0.3) is 0 Å². The Morgan fingerprint density at radius 3 is 2.59 bits per heavy atom. The van der Waals surface area contributed by atoms with Crippen LogP contribution in [0.1, 0.15) is 24.3 Å². The minimum absolute atomic E-state index is 0.218. The number of carbonyl (C=O) groups excluding carboxylic acids is 1. The number of amides is 1. The number of nitrogens with zero attached hydrogens (tertiary/aromatic N) is 3. The summed E-state index contributed by atoms with van der Waals surface area (Å²) >= 11 is 0. The van der Waals surface area contributed by atoms with Crippen molar-refractivity contribution in [2.24, 2.45) is 0 Å². The number of anilines is 1. The highest BCUT2D eigenvalue weighted by atomic mass is 16.1. The number of hydrogen-bond donors (Lipinski definition) is 2. The van der Waals surface area contributed by atoms with E-state index in [1.165, 1.54) is 0 Å². The quantitative estimate of drug-likeness (QED) is 0.734. The van der Waals surface area contributed by atoms with Crippen molar-refractivity contribution in [3.05, 3.63) is 17.8 Å². The number of likely N-dealkylation sites (N-methyl/N-ethyl adjacent to an activating group) is 1. The summed E-state index contributed by atoms with van der Waals surface area (Å²) in [7, 11) is 0. The number of aromatic nitrogens is 2. The molecule has 17 heavy (non-hydrogen) atoms. The van der Waals surface area contributed by atoms with Crippen molar-refractivity contribution in [1.29, 1.82) is 0 Å². The number of nitrogen functional groups attached to an aromatic ring is 1. The number of nitrogens with one attached hydrogen (secondary N) is 1. The third-order valence-electron chi connectivity index (χ3n) is 2.53. The first-order valence-corrected chi connectivity index (χ1v) is 5.77. The summed E-state index contributed by atoms with van der Waals surface area (Å²) in [5, 5.41) is 10.1. The Balaban J connectivity index is 2.37. The van der Waals surface area contributed by atoms with Gasteiger partial charge in [0.15, 0.2) is 5.69 Å². The molecule has 1 heterocycles. The first-order chi connectivity index (χ1) is 8.17. The third kappa shape index (κ3) is 4.36.